The Morgan fingerprint density at radius 2 is 2.16 bits per heavy atom. The molecule has 1 rings (SSSR count). The average molecular weight is 269 g/mol. The lowest BCUT2D eigenvalue weighted by molar-refractivity contribution is -0.142. The summed E-state index contributed by atoms with van der Waals surface area (Å²) in [5.74, 6) is -0.627. The molecule has 1 aromatic rings. The zero-order valence-corrected chi connectivity index (χ0v) is 10.3. The predicted molar refractivity (Wildman–Crippen MR) is 62.4 cm³/mol. The van der Waals surface area contributed by atoms with E-state index in [9.17, 15) is 13.6 Å². The van der Waals surface area contributed by atoms with Gasteiger partial charge in [0, 0.05) is 5.56 Å². The molecular weight excluding hydrogens is 256 g/mol. The number of carbonyl (C=O) groups is 1. The first-order valence-corrected chi connectivity index (χ1v) is 5.63. The number of halogens is 2. The van der Waals surface area contributed by atoms with Gasteiger partial charge in [0.1, 0.15) is 0 Å². The maximum absolute atomic E-state index is 12.9. The van der Waals surface area contributed by atoms with E-state index in [1.807, 2.05) is 0 Å². The summed E-state index contributed by atoms with van der Waals surface area (Å²) in [6, 6.07) is 3.99. The molecule has 0 saturated carbocycles. The zero-order valence-electron chi connectivity index (χ0n) is 10.3. The Kier molecular flexibility index (Phi) is 5.39. The fraction of sp³-hybridized carbons (Fsp3) is 0.385. The zero-order chi connectivity index (χ0) is 14.4. The number of aliphatic hydroxyl groups is 1. The largest absolute Gasteiger partial charge is 0.466 e. The van der Waals surface area contributed by atoms with Crippen LogP contribution in [0.25, 0.3) is 0 Å². The lowest BCUT2D eigenvalue weighted by Gasteiger charge is -2.11. The van der Waals surface area contributed by atoms with Crippen molar-refractivity contribution in [3.8, 4) is 6.07 Å². The molecule has 1 N–H and O–H groups in total. The van der Waals surface area contributed by atoms with Crippen LogP contribution < -0.4 is 0 Å². The van der Waals surface area contributed by atoms with E-state index in [1.54, 1.807) is 13.0 Å². The Balaban J connectivity index is 3.20. The molecule has 1 aromatic carbocycles. The molecule has 0 fully saturated rings. The van der Waals surface area contributed by atoms with E-state index in [2.05, 4.69) is 0 Å². The molecule has 0 aliphatic heterocycles. The summed E-state index contributed by atoms with van der Waals surface area (Å²) in [4.78, 5) is 11.3. The number of carbonyl (C=O) groups excluding carboxylic acids is 1. The predicted octanol–water partition coefficient (Wildman–Crippen LogP) is 2.09. The lowest BCUT2D eigenvalue weighted by atomic mass is 9.97. The Morgan fingerprint density at radius 3 is 2.63 bits per heavy atom. The van der Waals surface area contributed by atoms with Gasteiger partial charge >= 0.3 is 5.97 Å². The molecule has 0 aromatic heterocycles. The van der Waals surface area contributed by atoms with Crippen LogP contribution in [0.2, 0.25) is 0 Å². The van der Waals surface area contributed by atoms with E-state index in [0.717, 1.165) is 6.07 Å². The van der Waals surface area contributed by atoms with E-state index in [1.165, 1.54) is 6.07 Å². The highest BCUT2D eigenvalue weighted by Crippen LogP contribution is 2.27. The van der Waals surface area contributed by atoms with Gasteiger partial charge < -0.3 is 9.84 Å². The van der Waals surface area contributed by atoms with Crippen LogP contribution >= 0.6 is 0 Å². The van der Waals surface area contributed by atoms with Gasteiger partial charge in [0.05, 0.1) is 31.3 Å². The van der Waals surface area contributed by atoms with Crippen molar-refractivity contribution in [3.05, 3.63) is 34.4 Å². The molecule has 0 atom stereocenters. The molecule has 0 amide bonds. The number of hydrogen-bond donors (Lipinski definition) is 1. The standard InChI is InChI=1S/C13H13F2NO3/c1-2-19-12(18)5-8-3-10(7-17)9(6-16)4-11(8)13(14)15/h3-4,13,17H,2,5,7H2,1H3. The SMILES string of the molecule is CCOC(=O)Cc1cc(CO)c(C#N)cc1C(F)F. The van der Waals surface area contributed by atoms with Gasteiger partial charge in [-0.15, -0.1) is 0 Å². The third-order valence-corrected chi connectivity index (χ3v) is 2.53. The maximum atomic E-state index is 12.9. The van der Waals surface area contributed by atoms with Crippen molar-refractivity contribution in [1.82, 2.24) is 0 Å². The molecule has 0 spiro atoms. The molecule has 0 aliphatic carbocycles. The van der Waals surface area contributed by atoms with E-state index >= 15 is 0 Å². The number of ether oxygens (including phenoxy) is 1. The number of nitrogens with zero attached hydrogens (tertiary/aromatic N) is 1. The minimum Gasteiger partial charge on any atom is -0.466 e. The highest BCUT2D eigenvalue weighted by atomic mass is 19.3. The normalized spacial score (nSPS) is 10.3. The fourth-order valence-corrected chi connectivity index (χ4v) is 1.67. The number of alkyl halides is 2. The molecule has 0 bridgehead atoms. The molecule has 6 heteroatoms. The van der Waals surface area contributed by atoms with Gasteiger partial charge in [0.2, 0.25) is 0 Å². The molecule has 0 saturated heterocycles. The highest BCUT2D eigenvalue weighted by Gasteiger charge is 2.19. The molecule has 0 radical (unpaired) electrons. The van der Waals surface area contributed by atoms with Crippen LogP contribution in [0.1, 0.15) is 35.6 Å². The molecular formula is C13H13F2NO3. The van der Waals surface area contributed by atoms with Crippen molar-refractivity contribution in [2.45, 2.75) is 26.4 Å². The van der Waals surface area contributed by atoms with Gasteiger partial charge in [-0.25, -0.2) is 8.78 Å². The molecule has 0 heterocycles. The van der Waals surface area contributed by atoms with Gasteiger partial charge in [0.25, 0.3) is 6.43 Å². The van der Waals surface area contributed by atoms with Crippen LogP contribution in [0, 0.1) is 11.3 Å². The third kappa shape index (κ3) is 3.73. The summed E-state index contributed by atoms with van der Waals surface area (Å²) in [7, 11) is 0. The highest BCUT2D eigenvalue weighted by molar-refractivity contribution is 5.73. The molecule has 4 nitrogen and oxygen atoms in total. The minimum absolute atomic E-state index is 0.0228. The average Bonchev–Trinajstić information content (AvgIpc) is 2.38. The van der Waals surface area contributed by atoms with Gasteiger partial charge in [0.15, 0.2) is 0 Å². The maximum Gasteiger partial charge on any atom is 0.310 e. The number of benzene rings is 1. The summed E-state index contributed by atoms with van der Waals surface area (Å²) in [6.45, 7) is 1.32. The number of hydrogen-bond acceptors (Lipinski definition) is 4. The van der Waals surface area contributed by atoms with Crippen molar-refractivity contribution in [2.24, 2.45) is 0 Å². The molecule has 19 heavy (non-hydrogen) atoms. The van der Waals surface area contributed by atoms with Gasteiger partial charge in [-0.05, 0) is 24.1 Å². The number of rotatable bonds is 5. The van der Waals surface area contributed by atoms with Crippen LogP contribution in [0.5, 0.6) is 0 Å². The number of esters is 1. The van der Waals surface area contributed by atoms with E-state index in [4.69, 9.17) is 15.1 Å². The summed E-state index contributed by atoms with van der Waals surface area (Å²) in [6.07, 6.45) is -3.11. The van der Waals surface area contributed by atoms with E-state index in [-0.39, 0.29) is 35.3 Å². The first-order valence-electron chi connectivity index (χ1n) is 5.63. The van der Waals surface area contributed by atoms with Gasteiger partial charge in [-0.2, -0.15) is 5.26 Å². The topological polar surface area (TPSA) is 70.3 Å². The van der Waals surface area contributed by atoms with E-state index in [0.29, 0.717) is 0 Å². The van der Waals surface area contributed by atoms with Crippen molar-refractivity contribution in [2.75, 3.05) is 6.61 Å². The minimum atomic E-state index is -2.80. The van der Waals surface area contributed by atoms with Crippen molar-refractivity contribution in [3.63, 3.8) is 0 Å². The Labute approximate surface area is 109 Å². The van der Waals surface area contributed by atoms with Crippen LogP contribution in [0.15, 0.2) is 12.1 Å². The first-order chi connectivity index (χ1) is 9.03. The van der Waals surface area contributed by atoms with Crippen molar-refractivity contribution >= 4 is 5.97 Å². The third-order valence-electron chi connectivity index (χ3n) is 2.53. The van der Waals surface area contributed by atoms with Crippen LogP contribution in [0.3, 0.4) is 0 Å². The number of aliphatic hydroxyl groups excluding tert-OH is 1. The molecule has 0 unspecified atom stereocenters. The van der Waals surface area contributed by atoms with Crippen LogP contribution in [0.4, 0.5) is 8.78 Å². The number of nitriles is 1. The Hall–Kier alpha value is -2.00. The Morgan fingerprint density at radius 1 is 1.47 bits per heavy atom. The van der Waals surface area contributed by atoms with Crippen LogP contribution in [-0.2, 0) is 22.6 Å². The summed E-state index contributed by atoms with van der Waals surface area (Å²) < 4.78 is 30.5. The van der Waals surface area contributed by atoms with Crippen molar-refractivity contribution in [1.29, 1.82) is 5.26 Å². The van der Waals surface area contributed by atoms with Gasteiger partial charge in [-0.1, -0.05) is 6.07 Å². The Bertz CT molecular complexity index is 509. The van der Waals surface area contributed by atoms with E-state index < -0.39 is 19.0 Å². The smallest absolute Gasteiger partial charge is 0.310 e. The first kappa shape index (κ1) is 15.1. The second kappa shape index (κ2) is 6.81. The monoisotopic (exact) mass is 269 g/mol. The fourth-order valence-electron chi connectivity index (χ4n) is 1.67. The lowest BCUT2D eigenvalue weighted by Crippen LogP contribution is -2.10. The summed E-state index contributed by atoms with van der Waals surface area (Å²) in [5.41, 5.74) is -0.130. The van der Waals surface area contributed by atoms with Gasteiger partial charge in [-0.3, -0.25) is 4.79 Å². The second-order valence-corrected chi connectivity index (χ2v) is 3.76. The summed E-state index contributed by atoms with van der Waals surface area (Å²) >= 11 is 0. The van der Waals surface area contributed by atoms with Crippen LogP contribution in [-0.4, -0.2) is 17.7 Å². The second-order valence-electron chi connectivity index (χ2n) is 3.76. The quantitative estimate of drug-likeness (QED) is 0.831. The molecule has 102 valence electrons. The van der Waals surface area contributed by atoms with Crippen molar-refractivity contribution < 1.29 is 23.4 Å². The molecule has 0 aliphatic rings. The summed E-state index contributed by atoms with van der Waals surface area (Å²) in [5, 5.41) is 17.9.